The number of hydrogen-bond donors (Lipinski definition) is 1. The monoisotopic (exact) mass is 327 g/mol. The lowest BCUT2D eigenvalue weighted by molar-refractivity contribution is -0.136. The Bertz CT molecular complexity index is 637. The van der Waals surface area contributed by atoms with Crippen molar-refractivity contribution in [2.45, 2.75) is 51.2 Å². The molecule has 24 heavy (non-hydrogen) atoms. The number of carbonyl (C=O) groups is 1. The maximum atomic E-state index is 10.8. The van der Waals surface area contributed by atoms with E-state index in [2.05, 4.69) is 22.1 Å². The zero-order valence-electron chi connectivity index (χ0n) is 14.0. The van der Waals surface area contributed by atoms with Crippen molar-refractivity contribution in [3.05, 3.63) is 53.9 Å². The third-order valence-electron chi connectivity index (χ3n) is 4.76. The zero-order valence-corrected chi connectivity index (χ0v) is 14.0. The first kappa shape index (κ1) is 16.7. The number of nitrogens with zero attached hydrogens (tertiary/aromatic N) is 3. The summed E-state index contributed by atoms with van der Waals surface area (Å²) in [6.07, 6.45) is 8.88. The second-order valence-electron chi connectivity index (χ2n) is 6.56. The largest absolute Gasteiger partial charge is 0.481 e. The fourth-order valence-corrected chi connectivity index (χ4v) is 3.48. The highest BCUT2D eigenvalue weighted by molar-refractivity contribution is 5.70. The number of carboxylic acid groups (broad SMARTS) is 1. The maximum absolute atomic E-state index is 10.8. The van der Waals surface area contributed by atoms with Crippen LogP contribution in [0.25, 0.3) is 0 Å². The van der Waals surface area contributed by atoms with Crippen molar-refractivity contribution in [3.63, 3.8) is 0 Å². The lowest BCUT2D eigenvalue weighted by atomic mass is 9.98. The predicted octanol–water partition coefficient (Wildman–Crippen LogP) is 2.96. The molecule has 1 atom stereocenters. The Morgan fingerprint density at radius 1 is 1.21 bits per heavy atom. The number of aryl methyl sites for hydroxylation is 1. The smallest absolute Gasteiger partial charge is 0.307 e. The van der Waals surface area contributed by atoms with Gasteiger partial charge < -0.3 is 5.11 Å². The molecule has 1 aromatic carbocycles. The van der Waals surface area contributed by atoms with Crippen LogP contribution in [0.4, 0.5) is 0 Å². The molecule has 1 N–H and O–H groups in total. The van der Waals surface area contributed by atoms with Gasteiger partial charge in [-0.1, -0.05) is 30.7 Å². The van der Waals surface area contributed by atoms with E-state index >= 15 is 0 Å². The van der Waals surface area contributed by atoms with Crippen molar-refractivity contribution < 1.29 is 9.90 Å². The first-order valence-electron chi connectivity index (χ1n) is 8.72. The summed E-state index contributed by atoms with van der Waals surface area (Å²) in [5.74, 6) is -0.780. The molecule has 0 unspecified atom stereocenters. The Hall–Kier alpha value is -2.14. The molecule has 1 aliphatic heterocycles. The fraction of sp³-hybridized carbons (Fsp3) is 0.474. The standard InChI is InChI=1S/C19H25N3O2/c23-19(24)14-16-5-7-17(8-6-16)15-21-11-2-1-4-18(21)9-13-22-12-3-10-20-22/h3,5-8,10,12,18H,1-2,4,9,11,13-15H2,(H,23,24)/t18-/m0/s1. The highest BCUT2D eigenvalue weighted by Crippen LogP contribution is 2.22. The third kappa shape index (κ3) is 4.68. The van der Waals surface area contributed by atoms with Crippen molar-refractivity contribution in [1.82, 2.24) is 14.7 Å². The Balaban J connectivity index is 1.57. The average Bonchev–Trinajstić information content (AvgIpc) is 3.09. The van der Waals surface area contributed by atoms with Crippen LogP contribution in [-0.2, 0) is 24.3 Å². The average molecular weight is 327 g/mol. The summed E-state index contributed by atoms with van der Waals surface area (Å²) >= 11 is 0. The van der Waals surface area contributed by atoms with Crippen molar-refractivity contribution in [3.8, 4) is 0 Å². The molecule has 128 valence electrons. The summed E-state index contributed by atoms with van der Waals surface area (Å²) in [4.78, 5) is 13.3. The maximum Gasteiger partial charge on any atom is 0.307 e. The lowest BCUT2D eigenvalue weighted by Crippen LogP contribution is -2.39. The van der Waals surface area contributed by atoms with Gasteiger partial charge in [0.2, 0.25) is 0 Å². The van der Waals surface area contributed by atoms with E-state index in [0.29, 0.717) is 6.04 Å². The molecule has 2 heterocycles. The molecule has 0 spiro atoms. The minimum absolute atomic E-state index is 0.0937. The molecule has 0 radical (unpaired) electrons. The third-order valence-corrected chi connectivity index (χ3v) is 4.76. The van der Waals surface area contributed by atoms with E-state index in [-0.39, 0.29) is 6.42 Å². The van der Waals surface area contributed by atoms with Gasteiger partial charge in [-0.2, -0.15) is 5.10 Å². The fourth-order valence-electron chi connectivity index (χ4n) is 3.48. The molecule has 0 saturated carbocycles. The van der Waals surface area contributed by atoms with E-state index in [4.69, 9.17) is 5.11 Å². The van der Waals surface area contributed by atoms with E-state index in [1.54, 1.807) is 0 Å². The van der Waals surface area contributed by atoms with Gasteiger partial charge in [-0.25, -0.2) is 0 Å². The van der Waals surface area contributed by atoms with Crippen LogP contribution in [0, 0.1) is 0 Å². The van der Waals surface area contributed by atoms with Crippen LogP contribution in [0.5, 0.6) is 0 Å². The summed E-state index contributed by atoms with van der Waals surface area (Å²) in [5.41, 5.74) is 2.12. The van der Waals surface area contributed by atoms with Crippen LogP contribution in [0.1, 0.15) is 36.8 Å². The Labute approximate surface area is 142 Å². The number of likely N-dealkylation sites (tertiary alicyclic amines) is 1. The number of rotatable bonds is 7. The normalized spacial score (nSPS) is 18.6. The topological polar surface area (TPSA) is 58.4 Å². The molecular weight excluding hydrogens is 302 g/mol. The van der Waals surface area contributed by atoms with Gasteiger partial charge in [-0.05, 0) is 43.0 Å². The van der Waals surface area contributed by atoms with Crippen LogP contribution >= 0.6 is 0 Å². The summed E-state index contributed by atoms with van der Waals surface area (Å²) in [7, 11) is 0. The van der Waals surface area contributed by atoms with E-state index < -0.39 is 5.97 Å². The summed E-state index contributed by atoms with van der Waals surface area (Å²) in [6.45, 7) is 3.05. The highest BCUT2D eigenvalue weighted by atomic mass is 16.4. The molecule has 1 saturated heterocycles. The van der Waals surface area contributed by atoms with Gasteiger partial charge in [0.1, 0.15) is 0 Å². The van der Waals surface area contributed by atoms with Gasteiger partial charge >= 0.3 is 5.97 Å². The van der Waals surface area contributed by atoms with Gasteiger partial charge in [0.05, 0.1) is 6.42 Å². The lowest BCUT2D eigenvalue weighted by Gasteiger charge is -2.36. The Morgan fingerprint density at radius 3 is 2.71 bits per heavy atom. The van der Waals surface area contributed by atoms with Crippen molar-refractivity contribution in [2.75, 3.05) is 6.54 Å². The quantitative estimate of drug-likeness (QED) is 0.849. The minimum atomic E-state index is -0.780. The second-order valence-corrected chi connectivity index (χ2v) is 6.56. The van der Waals surface area contributed by atoms with Crippen molar-refractivity contribution >= 4 is 5.97 Å². The first-order chi connectivity index (χ1) is 11.7. The van der Waals surface area contributed by atoms with Crippen LogP contribution in [-0.4, -0.2) is 38.3 Å². The van der Waals surface area contributed by atoms with Crippen molar-refractivity contribution in [2.24, 2.45) is 0 Å². The van der Waals surface area contributed by atoms with Gasteiger partial charge in [0.25, 0.3) is 0 Å². The summed E-state index contributed by atoms with van der Waals surface area (Å²) < 4.78 is 2.01. The molecule has 2 aromatic rings. The van der Waals surface area contributed by atoms with Crippen LogP contribution in [0.3, 0.4) is 0 Å². The number of hydrogen-bond acceptors (Lipinski definition) is 3. The van der Waals surface area contributed by atoms with Gasteiger partial charge in [0.15, 0.2) is 0 Å². The van der Waals surface area contributed by atoms with Crippen molar-refractivity contribution in [1.29, 1.82) is 0 Å². The highest BCUT2D eigenvalue weighted by Gasteiger charge is 2.22. The van der Waals surface area contributed by atoms with E-state index in [9.17, 15) is 4.79 Å². The van der Waals surface area contributed by atoms with Gasteiger partial charge in [-0.3, -0.25) is 14.4 Å². The summed E-state index contributed by atoms with van der Waals surface area (Å²) in [6, 6.07) is 10.6. The van der Waals surface area contributed by atoms with E-state index in [1.807, 2.05) is 35.3 Å². The molecular formula is C19H25N3O2. The SMILES string of the molecule is O=C(O)Cc1ccc(CN2CCCC[C@H]2CCn2cccn2)cc1. The zero-order chi connectivity index (χ0) is 16.8. The molecule has 1 fully saturated rings. The second kappa shape index (κ2) is 8.11. The number of aliphatic carboxylic acids is 1. The van der Waals surface area contributed by atoms with E-state index in [1.165, 1.54) is 24.8 Å². The number of piperidine rings is 1. The molecule has 0 bridgehead atoms. The van der Waals surface area contributed by atoms with Crippen LogP contribution < -0.4 is 0 Å². The summed E-state index contributed by atoms with van der Waals surface area (Å²) in [5, 5.41) is 13.1. The minimum Gasteiger partial charge on any atom is -0.481 e. The molecule has 5 heteroatoms. The number of aromatic nitrogens is 2. The molecule has 5 nitrogen and oxygen atoms in total. The Morgan fingerprint density at radius 2 is 2.00 bits per heavy atom. The predicted molar refractivity (Wildman–Crippen MR) is 92.7 cm³/mol. The molecule has 0 aliphatic carbocycles. The van der Waals surface area contributed by atoms with Crippen LogP contribution in [0.15, 0.2) is 42.7 Å². The number of benzene rings is 1. The van der Waals surface area contributed by atoms with E-state index in [0.717, 1.165) is 31.6 Å². The molecule has 1 aliphatic rings. The Kier molecular flexibility index (Phi) is 5.64. The van der Waals surface area contributed by atoms with Crippen LogP contribution in [0.2, 0.25) is 0 Å². The molecule has 0 amide bonds. The molecule has 1 aromatic heterocycles. The van der Waals surface area contributed by atoms with Gasteiger partial charge in [-0.15, -0.1) is 0 Å². The number of carboxylic acids is 1. The first-order valence-corrected chi connectivity index (χ1v) is 8.72. The van der Waals surface area contributed by atoms with Gasteiger partial charge in [0, 0.05) is 31.5 Å². The molecule has 3 rings (SSSR count).